The summed E-state index contributed by atoms with van der Waals surface area (Å²) in [5, 5.41) is 2.57. The van der Waals surface area contributed by atoms with Crippen LogP contribution in [0.5, 0.6) is 0 Å². The number of hydrogen-bond acceptors (Lipinski definition) is 4. The average Bonchev–Trinajstić information content (AvgIpc) is 3.02. The van der Waals surface area contributed by atoms with Crippen molar-refractivity contribution >= 4 is 17.6 Å². The topological polar surface area (TPSA) is 84.1 Å². The Morgan fingerprint density at radius 1 is 1.07 bits per heavy atom. The third-order valence-electron chi connectivity index (χ3n) is 4.29. The second-order valence-corrected chi connectivity index (χ2v) is 6.42. The number of amides is 1. The molecule has 1 unspecified atom stereocenters. The van der Waals surface area contributed by atoms with E-state index in [1.54, 1.807) is 24.3 Å². The van der Waals surface area contributed by atoms with E-state index in [0.717, 1.165) is 22.8 Å². The molecule has 2 N–H and O–H groups in total. The number of H-pyrrole nitrogens is 1. The van der Waals surface area contributed by atoms with E-state index in [-0.39, 0.29) is 0 Å². The Kier molecular flexibility index (Phi) is 5.54. The van der Waals surface area contributed by atoms with Gasteiger partial charge in [-0.1, -0.05) is 12.1 Å². The summed E-state index contributed by atoms with van der Waals surface area (Å²) in [5.74, 6) is -0.791. The quantitative estimate of drug-likeness (QED) is 0.654. The SMILES string of the molecule is Cc1nc(-c2ccc(C(=O)OC(C)C(=O)Nc3ccc(F)cc3)cc2)[nH]c1C. The van der Waals surface area contributed by atoms with Crippen LogP contribution in [0.2, 0.25) is 0 Å². The van der Waals surface area contributed by atoms with E-state index < -0.39 is 23.8 Å². The van der Waals surface area contributed by atoms with Crippen LogP contribution >= 0.6 is 0 Å². The Balaban J connectivity index is 1.61. The predicted molar refractivity (Wildman–Crippen MR) is 103 cm³/mol. The first kappa shape index (κ1) is 19.3. The number of imidazole rings is 1. The molecule has 0 aliphatic heterocycles. The Morgan fingerprint density at radius 2 is 1.71 bits per heavy atom. The molecule has 1 heterocycles. The number of benzene rings is 2. The highest BCUT2D eigenvalue weighted by atomic mass is 19.1. The second-order valence-electron chi connectivity index (χ2n) is 6.42. The lowest BCUT2D eigenvalue weighted by Gasteiger charge is -2.13. The van der Waals surface area contributed by atoms with Crippen molar-refractivity contribution in [3.05, 3.63) is 71.3 Å². The maximum atomic E-state index is 12.9. The molecular weight excluding hydrogens is 361 g/mol. The highest BCUT2D eigenvalue weighted by Crippen LogP contribution is 2.19. The fourth-order valence-corrected chi connectivity index (χ4v) is 2.51. The number of aryl methyl sites for hydroxylation is 2. The summed E-state index contributed by atoms with van der Waals surface area (Å²) in [7, 11) is 0. The molecule has 1 amide bonds. The van der Waals surface area contributed by atoms with Crippen LogP contribution in [0.15, 0.2) is 48.5 Å². The van der Waals surface area contributed by atoms with Crippen LogP contribution in [0.3, 0.4) is 0 Å². The van der Waals surface area contributed by atoms with Crippen LogP contribution < -0.4 is 5.32 Å². The number of carbonyl (C=O) groups is 2. The van der Waals surface area contributed by atoms with E-state index in [1.807, 2.05) is 13.8 Å². The molecule has 0 saturated heterocycles. The van der Waals surface area contributed by atoms with Gasteiger partial charge in [0, 0.05) is 16.9 Å². The number of carbonyl (C=O) groups excluding carboxylic acids is 2. The molecule has 1 aromatic heterocycles. The maximum Gasteiger partial charge on any atom is 0.338 e. The number of aromatic nitrogens is 2. The summed E-state index contributed by atoms with van der Waals surface area (Å²) in [6.45, 7) is 5.33. The van der Waals surface area contributed by atoms with Gasteiger partial charge in [0.2, 0.25) is 0 Å². The molecule has 7 heteroatoms. The lowest BCUT2D eigenvalue weighted by Crippen LogP contribution is -2.30. The van der Waals surface area contributed by atoms with Crippen LogP contribution in [0, 0.1) is 19.7 Å². The van der Waals surface area contributed by atoms with Gasteiger partial charge in [-0.15, -0.1) is 0 Å². The summed E-state index contributed by atoms with van der Waals surface area (Å²) in [4.78, 5) is 32.0. The van der Waals surface area contributed by atoms with Crippen molar-refractivity contribution in [1.29, 1.82) is 0 Å². The molecule has 0 aliphatic rings. The van der Waals surface area contributed by atoms with Gasteiger partial charge >= 0.3 is 5.97 Å². The van der Waals surface area contributed by atoms with Gasteiger partial charge in [-0.25, -0.2) is 14.2 Å². The monoisotopic (exact) mass is 381 g/mol. The van der Waals surface area contributed by atoms with Crippen molar-refractivity contribution in [1.82, 2.24) is 9.97 Å². The molecule has 0 bridgehead atoms. The lowest BCUT2D eigenvalue weighted by molar-refractivity contribution is -0.123. The predicted octanol–water partition coefficient (Wildman–Crippen LogP) is 4.02. The van der Waals surface area contributed by atoms with Crippen molar-refractivity contribution in [3.8, 4) is 11.4 Å². The van der Waals surface area contributed by atoms with Gasteiger partial charge in [-0.3, -0.25) is 4.79 Å². The van der Waals surface area contributed by atoms with Crippen LogP contribution in [-0.2, 0) is 9.53 Å². The van der Waals surface area contributed by atoms with Crippen LogP contribution in [-0.4, -0.2) is 27.9 Å². The van der Waals surface area contributed by atoms with E-state index in [1.165, 1.54) is 31.2 Å². The van der Waals surface area contributed by atoms with Crippen LogP contribution in [0.1, 0.15) is 28.7 Å². The zero-order valence-corrected chi connectivity index (χ0v) is 15.7. The first-order valence-corrected chi connectivity index (χ1v) is 8.74. The van der Waals surface area contributed by atoms with Crippen molar-refractivity contribution < 1.29 is 18.7 Å². The minimum atomic E-state index is -1.01. The summed E-state index contributed by atoms with van der Waals surface area (Å²) in [5.41, 5.74) is 3.49. The third kappa shape index (κ3) is 4.43. The molecule has 3 rings (SSSR count). The average molecular weight is 381 g/mol. The number of nitrogens with zero attached hydrogens (tertiary/aromatic N) is 1. The highest BCUT2D eigenvalue weighted by molar-refractivity contribution is 5.97. The number of anilines is 1. The lowest BCUT2D eigenvalue weighted by atomic mass is 10.1. The number of aromatic amines is 1. The zero-order valence-electron chi connectivity index (χ0n) is 15.7. The molecule has 0 aliphatic carbocycles. The van der Waals surface area contributed by atoms with Gasteiger partial charge in [-0.2, -0.15) is 0 Å². The Morgan fingerprint density at radius 3 is 2.29 bits per heavy atom. The molecule has 0 fully saturated rings. The molecule has 144 valence electrons. The van der Waals surface area contributed by atoms with E-state index in [4.69, 9.17) is 4.74 Å². The molecule has 1 atom stereocenters. The van der Waals surface area contributed by atoms with Crippen molar-refractivity contribution in [3.63, 3.8) is 0 Å². The second kappa shape index (κ2) is 8.04. The smallest absolute Gasteiger partial charge is 0.338 e. The van der Waals surface area contributed by atoms with Crippen molar-refractivity contribution in [2.45, 2.75) is 26.9 Å². The van der Waals surface area contributed by atoms with E-state index >= 15 is 0 Å². The summed E-state index contributed by atoms with van der Waals surface area (Å²) < 4.78 is 18.1. The van der Waals surface area contributed by atoms with E-state index in [2.05, 4.69) is 15.3 Å². The van der Waals surface area contributed by atoms with Gasteiger partial charge in [0.1, 0.15) is 11.6 Å². The van der Waals surface area contributed by atoms with Gasteiger partial charge in [0.15, 0.2) is 6.10 Å². The van der Waals surface area contributed by atoms with Crippen LogP contribution in [0.25, 0.3) is 11.4 Å². The fraction of sp³-hybridized carbons (Fsp3) is 0.190. The summed E-state index contributed by atoms with van der Waals surface area (Å²) >= 11 is 0. The maximum absolute atomic E-state index is 12.9. The Hall–Kier alpha value is -3.48. The summed E-state index contributed by atoms with van der Waals surface area (Å²) in [6.07, 6.45) is -1.01. The van der Waals surface area contributed by atoms with E-state index in [0.29, 0.717) is 11.3 Å². The molecule has 0 saturated carbocycles. The molecule has 2 aromatic carbocycles. The molecular formula is C21H20FN3O3. The molecule has 3 aromatic rings. The molecule has 0 radical (unpaired) electrons. The number of ether oxygens (including phenoxy) is 1. The molecule has 6 nitrogen and oxygen atoms in total. The minimum Gasteiger partial charge on any atom is -0.449 e. The standard InChI is InChI=1S/C21H20FN3O3/c1-12-13(2)24-19(23-12)15-4-6-16(7-5-15)21(27)28-14(3)20(26)25-18-10-8-17(22)9-11-18/h4-11,14H,1-3H3,(H,23,24)(H,25,26). The normalized spacial score (nSPS) is 11.7. The molecule has 0 spiro atoms. The highest BCUT2D eigenvalue weighted by Gasteiger charge is 2.19. The van der Waals surface area contributed by atoms with E-state index in [9.17, 15) is 14.0 Å². The number of hydrogen-bond donors (Lipinski definition) is 2. The first-order chi connectivity index (χ1) is 13.3. The van der Waals surface area contributed by atoms with Crippen LogP contribution in [0.4, 0.5) is 10.1 Å². The Labute approximate surface area is 161 Å². The first-order valence-electron chi connectivity index (χ1n) is 8.74. The van der Waals surface area contributed by atoms with Gasteiger partial charge < -0.3 is 15.0 Å². The summed E-state index contributed by atoms with van der Waals surface area (Å²) in [6, 6.07) is 12.1. The number of rotatable bonds is 5. The Bertz CT molecular complexity index is 975. The number of esters is 1. The minimum absolute atomic E-state index is 0.324. The number of nitrogens with one attached hydrogen (secondary N) is 2. The molecule has 28 heavy (non-hydrogen) atoms. The largest absolute Gasteiger partial charge is 0.449 e. The van der Waals surface area contributed by atoms with Gasteiger partial charge in [0.05, 0.1) is 11.3 Å². The number of halogens is 1. The fourth-order valence-electron chi connectivity index (χ4n) is 2.51. The van der Waals surface area contributed by atoms with Crippen molar-refractivity contribution in [2.24, 2.45) is 0 Å². The third-order valence-corrected chi connectivity index (χ3v) is 4.29. The zero-order chi connectivity index (χ0) is 20.3. The van der Waals surface area contributed by atoms with Crippen molar-refractivity contribution in [2.75, 3.05) is 5.32 Å². The van der Waals surface area contributed by atoms with Gasteiger partial charge in [0.25, 0.3) is 5.91 Å². The van der Waals surface area contributed by atoms with Gasteiger partial charge in [-0.05, 0) is 57.2 Å².